The Balaban J connectivity index is 1.80. The largest absolute Gasteiger partial charge is 0.493 e. The van der Waals surface area contributed by atoms with Gasteiger partial charge in [-0.1, -0.05) is 6.07 Å². The molecular formula is C20H19NO4S. The molecule has 0 aliphatic rings. The number of thiazole rings is 1. The van der Waals surface area contributed by atoms with Crippen LogP contribution in [0.5, 0.6) is 17.2 Å². The van der Waals surface area contributed by atoms with Crippen molar-refractivity contribution in [3.05, 3.63) is 58.6 Å². The summed E-state index contributed by atoms with van der Waals surface area (Å²) < 4.78 is 16.0. The lowest BCUT2D eigenvalue weighted by Crippen LogP contribution is -2.09. The zero-order valence-corrected chi connectivity index (χ0v) is 15.8. The van der Waals surface area contributed by atoms with Crippen molar-refractivity contribution < 1.29 is 19.0 Å². The topological polar surface area (TPSA) is 57.7 Å². The number of hydrogen-bond donors (Lipinski definition) is 0. The highest BCUT2D eigenvalue weighted by molar-refractivity contribution is 7.13. The van der Waals surface area contributed by atoms with Crippen molar-refractivity contribution in [2.24, 2.45) is 0 Å². The third kappa shape index (κ3) is 3.70. The van der Waals surface area contributed by atoms with Gasteiger partial charge in [0.1, 0.15) is 10.8 Å². The van der Waals surface area contributed by atoms with Crippen LogP contribution >= 0.6 is 11.3 Å². The number of aryl methyl sites for hydroxylation is 2. The first-order valence-electron chi connectivity index (χ1n) is 7.99. The molecule has 0 aliphatic heterocycles. The Labute approximate surface area is 156 Å². The molecule has 1 aromatic heterocycles. The number of nitrogens with zero attached hydrogens (tertiary/aromatic N) is 1. The summed E-state index contributed by atoms with van der Waals surface area (Å²) in [4.78, 5) is 16.8. The molecule has 26 heavy (non-hydrogen) atoms. The predicted molar refractivity (Wildman–Crippen MR) is 102 cm³/mol. The minimum Gasteiger partial charge on any atom is -0.493 e. The lowest BCUT2D eigenvalue weighted by Gasteiger charge is -2.08. The minimum atomic E-state index is -0.476. The molecule has 0 unspecified atom stereocenters. The molecule has 1 heterocycles. The van der Waals surface area contributed by atoms with Gasteiger partial charge >= 0.3 is 5.97 Å². The zero-order chi connectivity index (χ0) is 18.7. The first-order valence-corrected chi connectivity index (χ1v) is 8.87. The summed E-state index contributed by atoms with van der Waals surface area (Å²) in [5, 5.41) is 2.40. The Morgan fingerprint density at radius 1 is 0.962 bits per heavy atom. The number of ether oxygens (including phenoxy) is 3. The molecular weight excluding hydrogens is 350 g/mol. The molecule has 0 fully saturated rings. The van der Waals surface area contributed by atoms with E-state index in [2.05, 4.69) is 4.98 Å². The van der Waals surface area contributed by atoms with E-state index < -0.39 is 5.97 Å². The summed E-state index contributed by atoms with van der Waals surface area (Å²) in [7, 11) is 3.16. The average molecular weight is 369 g/mol. The van der Waals surface area contributed by atoms with Crippen molar-refractivity contribution in [2.45, 2.75) is 13.8 Å². The Morgan fingerprint density at radius 3 is 2.42 bits per heavy atom. The molecule has 134 valence electrons. The summed E-state index contributed by atoms with van der Waals surface area (Å²) in [6.45, 7) is 3.99. The molecule has 0 radical (unpaired) electrons. The molecule has 0 spiro atoms. The average Bonchev–Trinajstić information content (AvgIpc) is 3.14. The van der Waals surface area contributed by atoms with Crippen LogP contribution in [0, 0.1) is 13.8 Å². The molecule has 2 aromatic carbocycles. The molecule has 6 heteroatoms. The van der Waals surface area contributed by atoms with Crippen LogP contribution in [0.1, 0.15) is 21.6 Å². The van der Waals surface area contributed by atoms with Gasteiger partial charge in [-0.3, -0.25) is 0 Å². The van der Waals surface area contributed by atoms with Crippen molar-refractivity contribution in [1.82, 2.24) is 4.98 Å². The second kappa shape index (κ2) is 7.58. The molecule has 3 aromatic rings. The van der Waals surface area contributed by atoms with E-state index in [0.29, 0.717) is 22.3 Å². The highest BCUT2D eigenvalue weighted by Crippen LogP contribution is 2.33. The van der Waals surface area contributed by atoms with Crippen LogP contribution in [0.4, 0.5) is 0 Å². The standard InChI is InChI=1S/C20H19NO4S/c1-12-5-7-15(9-13(12)2)25-20(22)16-11-26-19(21-16)14-6-8-17(23-3)18(10-14)24-4/h5-11H,1-4H3. The highest BCUT2D eigenvalue weighted by atomic mass is 32.1. The van der Waals surface area contributed by atoms with Gasteiger partial charge in [0, 0.05) is 10.9 Å². The van der Waals surface area contributed by atoms with Crippen molar-refractivity contribution in [3.63, 3.8) is 0 Å². The summed E-state index contributed by atoms with van der Waals surface area (Å²) >= 11 is 1.37. The van der Waals surface area contributed by atoms with E-state index in [-0.39, 0.29) is 5.69 Å². The molecule has 0 saturated carbocycles. The molecule has 0 atom stereocenters. The SMILES string of the molecule is COc1ccc(-c2nc(C(=O)Oc3ccc(C)c(C)c3)cs2)cc1OC. The van der Waals surface area contributed by atoms with E-state index in [1.807, 2.05) is 44.2 Å². The van der Waals surface area contributed by atoms with Crippen LogP contribution in [-0.2, 0) is 0 Å². The number of rotatable bonds is 5. The molecule has 3 rings (SSSR count). The fourth-order valence-corrected chi connectivity index (χ4v) is 3.19. The van der Waals surface area contributed by atoms with E-state index >= 15 is 0 Å². The van der Waals surface area contributed by atoms with Gasteiger partial charge in [0.2, 0.25) is 0 Å². The third-order valence-electron chi connectivity index (χ3n) is 4.03. The first-order chi connectivity index (χ1) is 12.5. The number of aromatic nitrogens is 1. The number of carbonyl (C=O) groups excluding carboxylic acids is 1. The van der Waals surface area contributed by atoms with Crippen LogP contribution in [0.25, 0.3) is 10.6 Å². The van der Waals surface area contributed by atoms with Gasteiger partial charge in [-0.2, -0.15) is 0 Å². The Kier molecular flexibility index (Phi) is 5.23. The first kappa shape index (κ1) is 17.9. The number of hydrogen-bond acceptors (Lipinski definition) is 6. The molecule has 0 N–H and O–H groups in total. The van der Waals surface area contributed by atoms with Crippen LogP contribution < -0.4 is 14.2 Å². The van der Waals surface area contributed by atoms with Gasteiger partial charge in [0.05, 0.1) is 14.2 Å². The van der Waals surface area contributed by atoms with Crippen molar-refractivity contribution >= 4 is 17.3 Å². The van der Waals surface area contributed by atoms with Gasteiger partial charge in [-0.05, 0) is 55.3 Å². The van der Waals surface area contributed by atoms with Crippen LogP contribution in [0.2, 0.25) is 0 Å². The molecule has 0 saturated heterocycles. The number of benzene rings is 2. The van der Waals surface area contributed by atoms with Gasteiger partial charge < -0.3 is 14.2 Å². The van der Waals surface area contributed by atoms with Gasteiger partial charge in [-0.15, -0.1) is 11.3 Å². The molecule has 0 aliphatic carbocycles. The van der Waals surface area contributed by atoms with E-state index in [1.165, 1.54) is 11.3 Å². The van der Waals surface area contributed by atoms with Gasteiger partial charge in [-0.25, -0.2) is 9.78 Å². The normalized spacial score (nSPS) is 10.5. The summed E-state index contributed by atoms with van der Waals surface area (Å²) in [5.41, 5.74) is 3.34. The number of carbonyl (C=O) groups is 1. The third-order valence-corrected chi connectivity index (χ3v) is 4.92. The van der Waals surface area contributed by atoms with Crippen molar-refractivity contribution in [3.8, 4) is 27.8 Å². The Bertz CT molecular complexity index is 949. The van der Waals surface area contributed by atoms with Gasteiger partial charge in [0.15, 0.2) is 17.2 Å². The Hall–Kier alpha value is -2.86. The van der Waals surface area contributed by atoms with Crippen LogP contribution in [0.3, 0.4) is 0 Å². The van der Waals surface area contributed by atoms with Crippen molar-refractivity contribution in [1.29, 1.82) is 0 Å². The molecule has 0 amide bonds. The second-order valence-corrected chi connectivity index (χ2v) is 6.60. The Morgan fingerprint density at radius 2 is 1.73 bits per heavy atom. The van der Waals surface area contributed by atoms with Crippen LogP contribution in [0.15, 0.2) is 41.8 Å². The fraction of sp³-hybridized carbons (Fsp3) is 0.200. The number of esters is 1. The van der Waals surface area contributed by atoms with E-state index in [1.54, 1.807) is 25.7 Å². The lowest BCUT2D eigenvalue weighted by atomic mass is 10.1. The van der Waals surface area contributed by atoms with Gasteiger partial charge in [0.25, 0.3) is 0 Å². The van der Waals surface area contributed by atoms with Crippen molar-refractivity contribution in [2.75, 3.05) is 14.2 Å². The summed E-state index contributed by atoms with van der Waals surface area (Å²) in [5.74, 6) is 1.29. The smallest absolute Gasteiger partial charge is 0.363 e. The van der Waals surface area contributed by atoms with E-state index in [4.69, 9.17) is 14.2 Å². The maximum Gasteiger partial charge on any atom is 0.363 e. The second-order valence-electron chi connectivity index (χ2n) is 5.74. The van der Waals surface area contributed by atoms with E-state index in [9.17, 15) is 4.79 Å². The molecule has 0 bridgehead atoms. The highest BCUT2D eigenvalue weighted by Gasteiger charge is 2.16. The lowest BCUT2D eigenvalue weighted by molar-refractivity contribution is 0.0729. The van der Waals surface area contributed by atoms with Crippen LogP contribution in [-0.4, -0.2) is 25.2 Å². The monoisotopic (exact) mass is 369 g/mol. The number of methoxy groups -OCH3 is 2. The summed E-state index contributed by atoms with van der Waals surface area (Å²) in [6, 6.07) is 11.1. The maximum atomic E-state index is 12.4. The van der Waals surface area contributed by atoms with E-state index in [0.717, 1.165) is 16.7 Å². The molecule has 5 nitrogen and oxygen atoms in total. The maximum absolute atomic E-state index is 12.4. The zero-order valence-electron chi connectivity index (χ0n) is 15.0. The predicted octanol–water partition coefficient (Wildman–Crippen LogP) is 4.66. The minimum absolute atomic E-state index is 0.276. The quantitative estimate of drug-likeness (QED) is 0.483. The summed E-state index contributed by atoms with van der Waals surface area (Å²) in [6.07, 6.45) is 0. The fourth-order valence-electron chi connectivity index (χ4n) is 2.41.